The average Bonchev–Trinajstić information content (AvgIpc) is 2.61. The number of alkyl halides is 3. The van der Waals surface area contributed by atoms with E-state index in [-0.39, 0.29) is 32.2 Å². The second-order valence-corrected chi connectivity index (χ2v) is 8.49. The Morgan fingerprint density at radius 2 is 1.72 bits per heavy atom. The van der Waals surface area contributed by atoms with E-state index >= 15 is 0 Å². The number of aromatic nitrogens is 1. The van der Waals surface area contributed by atoms with Crippen LogP contribution in [0.2, 0.25) is 0 Å². The van der Waals surface area contributed by atoms with Gasteiger partial charge in [0.25, 0.3) is 0 Å². The van der Waals surface area contributed by atoms with Gasteiger partial charge in [-0.2, -0.15) is 13.2 Å². The van der Waals surface area contributed by atoms with Crippen molar-refractivity contribution in [3.63, 3.8) is 0 Å². The number of pyridine rings is 1. The van der Waals surface area contributed by atoms with E-state index in [4.69, 9.17) is 19.7 Å². The average molecular weight is 467 g/mol. The molecule has 9 nitrogen and oxygen atoms in total. The first-order valence-corrected chi connectivity index (χ1v) is 9.71. The Morgan fingerprint density at radius 3 is 2.09 bits per heavy atom. The fraction of sp³-hybridized carbons (Fsp3) is 0.650. The third-order valence-corrected chi connectivity index (χ3v) is 3.45. The van der Waals surface area contributed by atoms with Crippen LogP contribution in [0.3, 0.4) is 0 Å². The largest absolute Gasteiger partial charge is 0.476 e. The molecule has 0 fully saturated rings. The first-order chi connectivity index (χ1) is 14.5. The molecule has 0 bridgehead atoms. The lowest BCUT2D eigenvalue weighted by molar-refractivity contribution is -0.137. The zero-order valence-corrected chi connectivity index (χ0v) is 19.1. The lowest BCUT2D eigenvalue weighted by atomic mass is 10.1. The predicted molar refractivity (Wildman–Crippen MR) is 111 cm³/mol. The minimum Gasteiger partial charge on any atom is -0.476 e. The van der Waals surface area contributed by atoms with Crippen LogP contribution in [-0.4, -0.2) is 69.7 Å². The van der Waals surface area contributed by atoms with Gasteiger partial charge in [0.1, 0.15) is 12.2 Å². The van der Waals surface area contributed by atoms with Gasteiger partial charge in [0.05, 0.1) is 18.7 Å². The molecule has 1 aromatic heterocycles. The monoisotopic (exact) mass is 467 g/mol. The number of amides is 2. The van der Waals surface area contributed by atoms with Crippen LogP contribution in [0.15, 0.2) is 18.3 Å². The molecule has 0 saturated carbocycles. The first kappa shape index (κ1) is 29.2. The molecule has 0 aliphatic carbocycles. The summed E-state index contributed by atoms with van der Waals surface area (Å²) in [5.74, 6) is 0.0160. The van der Waals surface area contributed by atoms with Crippen molar-refractivity contribution in [2.45, 2.75) is 58.9 Å². The zero-order chi connectivity index (χ0) is 25.2. The van der Waals surface area contributed by atoms with Gasteiger partial charge in [0.2, 0.25) is 5.88 Å². The molecule has 0 aliphatic rings. The van der Waals surface area contributed by atoms with E-state index in [0.717, 1.165) is 12.1 Å². The number of aliphatic hydroxyl groups excluding tert-OH is 1. The van der Waals surface area contributed by atoms with Gasteiger partial charge in [-0.3, -0.25) is 0 Å². The van der Waals surface area contributed by atoms with Crippen LogP contribution < -0.4 is 10.1 Å². The van der Waals surface area contributed by atoms with Crippen molar-refractivity contribution in [1.82, 2.24) is 15.2 Å². The molecule has 0 aliphatic heterocycles. The Kier molecular flexibility index (Phi) is 11.3. The Bertz CT molecular complexity index is 713. The number of hydrogen-bond acceptors (Lipinski definition) is 6. The molecule has 3 N–H and O–H groups in total. The minimum absolute atomic E-state index is 0.00192. The van der Waals surface area contributed by atoms with Crippen molar-refractivity contribution >= 4 is 12.2 Å². The summed E-state index contributed by atoms with van der Waals surface area (Å²) in [6, 6.07) is 1.96. The van der Waals surface area contributed by atoms with E-state index < -0.39 is 35.1 Å². The predicted octanol–water partition coefficient (Wildman–Crippen LogP) is 3.76. The van der Waals surface area contributed by atoms with Crippen LogP contribution in [0, 0.1) is 0 Å². The SMILES string of the molecule is CC(C)(C)N(CCOc1ccc(C(F)(F)F)cn1)C(=O)O.CC(C)(C)OC(=O)NCCO. The Balaban J connectivity index is 0.000000739. The maximum atomic E-state index is 12.3. The van der Waals surface area contributed by atoms with Crippen molar-refractivity contribution in [2.75, 3.05) is 26.3 Å². The van der Waals surface area contributed by atoms with Gasteiger partial charge >= 0.3 is 18.4 Å². The molecular formula is C20H32F3N3O6. The van der Waals surface area contributed by atoms with E-state index in [0.29, 0.717) is 6.20 Å². The number of nitrogens with one attached hydrogen (secondary N) is 1. The molecule has 1 rings (SSSR count). The molecule has 1 heterocycles. The van der Waals surface area contributed by atoms with E-state index in [9.17, 15) is 22.8 Å². The number of halogens is 3. The number of aliphatic hydroxyl groups is 1. The van der Waals surface area contributed by atoms with Crippen LogP contribution >= 0.6 is 0 Å². The van der Waals surface area contributed by atoms with Gasteiger partial charge in [-0.15, -0.1) is 0 Å². The number of hydrogen-bond donors (Lipinski definition) is 3. The van der Waals surface area contributed by atoms with Crippen molar-refractivity contribution < 1.29 is 42.4 Å². The number of rotatable bonds is 6. The lowest BCUT2D eigenvalue weighted by Crippen LogP contribution is -2.46. The van der Waals surface area contributed by atoms with Gasteiger partial charge in [0.15, 0.2) is 0 Å². The molecule has 0 saturated heterocycles. The van der Waals surface area contributed by atoms with Crippen molar-refractivity contribution in [3.05, 3.63) is 23.9 Å². The van der Waals surface area contributed by atoms with Crippen LogP contribution in [0.25, 0.3) is 0 Å². The maximum Gasteiger partial charge on any atom is 0.417 e. The number of ether oxygens (including phenoxy) is 2. The summed E-state index contributed by atoms with van der Waals surface area (Å²) in [6.07, 6.45) is -5.36. The highest BCUT2D eigenvalue weighted by Crippen LogP contribution is 2.29. The quantitative estimate of drug-likeness (QED) is 0.582. The van der Waals surface area contributed by atoms with Gasteiger partial charge in [-0.05, 0) is 47.6 Å². The van der Waals surface area contributed by atoms with Crippen LogP contribution in [0.5, 0.6) is 5.88 Å². The first-order valence-electron chi connectivity index (χ1n) is 9.71. The van der Waals surface area contributed by atoms with Gasteiger partial charge in [-0.25, -0.2) is 14.6 Å². The van der Waals surface area contributed by atoms with E-state index in [1.165, 1.54) is 4.90 Å². The second kappa shape index (κ2) is 12.3. The van der Waals surface area contributed by atoms with Crippen molar-refractivity contribution in [1.29, 1.82) is 0 Å². The number of carbonyl (C=O) groups is 2. The summed E-state index contributed by atoms with van der Waals surface area (Å²) in [7, 11) is 0. The van der Waals surface area contributed by atoms with Gasteiger partial charge < -0.3 is 29.9 Å². The second-order valence-electron chi connectivity index (χ2n) is 8.49. The normalized spacial score (nSPS) is 11.7. The Morgan fingerprint density at radius 1 is 1.12 bits per heavy atom. The summed E-state index contributed by atoms with van der Waals surface area (Å²) >= 11 is 0. The molecule has 0 unspecified atom stereocenters. The highest BCUT2D eigenvalue weighted by Gasteiger charge is 2.31. The summed E-state index contributed by atoms with van der Waals surface area (Å²) < 4.78 is 47.1. The van der Waals surface area contributed by atoms with Crippen molar-refractivity contribution in [2.24, 2.45) is 0 Å². The summed E-state index contributed by atoms with van der Waals surface area (Å²) in [5, 5.41) is 19.8. The zero-order valence-electron chi connectivity index (χ0n) is 19.1. The van der Waals surface area contributed by atoms with Crippen molar-refractivity contribution in [3.8, 4) is 5.88 Å². The molecular weight excluding hydrogens is 435 g/mol. The van der Waals surface area contributed by atoms with Crippen LogP contribution in [0.1, 0.15) is 47.1 Å². The number of alkyl carbamates (subject to hydrolysis) is 1. The molecule has 184 valence electrons. The molecule has 12 heteroatoms. The standard InChI is InChI=1S/C13H17F3N2O3.C7H15NO3/c1-12(2,3)18(11(19)20)6-7-21-10-5-4-9(8-17-10)13(14,15)16;1-7(2,3)11-6(10)8-4-5-9/h4-5,8H,6-7H2,1-3H3,(H,19,20);9H,4-5H2,1-3H3,(H,8,10). The third-order valence-electron chi connectivity index (χ3n) is 3.45. The fourth-order valence-electron chi connectivity index (χ4n) is 2.06. The van der Waals surface area contributed by atoms with Gasteiger partial charge in [0, 0.05) is 24.3 Å². The Hall–Kier alpha value is -2.76. The Labute approximate surface area is 185 Å². The summed E-state index contributed by atoms with van der Waals surface area (Å²) in [4.78, 5) is 26.6. The maximum absolute atomic E-state index is 12.3. The minimum atomic E-state index is -4.45. The fourth-order valence-corrected chi connectivity index (χ4v) is 2.06. The number of nitrogens with zero attached hydrogens (tertiary/aromatic N) is 2. The van der Waals surface area contributed by atoms with Crippen LogP contribution in [-0.2, 0) is 10.9 Å². The third kappa shape index (κ3) is 12.8. The number of carbonyl (C=O) groups excluding carboxylic acids is 1. The molecule has 0 atom stereocenters. The topological polar surface area (TPSA) is 121 Å². The number of carboxylic acid groups (broad SMARTS) is 1. The molecule has 1 aromatic rings. The lowest BCUT2D eigenvalue weighted by Gasteiger charge is -2.32. The smallest absolute Gasteiger partial charge is 0.417 e. The van der Waals surface area contributed by atoms with E-state index in [2.05, 4.69) is 10.3 Å². The molecule has 32 heavy (non-hydrogen) atoms. The summed E-state index contributed by atoms with van der Waals surface area (Å²) in [5.41, 5.74) is -1.93. The van der Waals surface area contributed by atoms with E-state index in [1.54, 1.807) is 41.5 Å². The molecule has 0 aromatic carbocycles. The molecule has 0 radical (unpaired) electrons. The summed E-state index contributed by atoms with van der Waals surface area (Å²) in [6.45, 7) is 10.8. The molecule has 0 spiro atoms. The van der Waals surface area contributed by atoms with E-state index in [1.807, 2.05) is 0 Å². The highest BCUT2D eigenvalue weighted by atomic mass is 19.4. The van der Waals surface area contributed by atoms with Crippen LogP contribution in [0.4, 0.5) is 22.8 Å². The highest BCUT2D eigenvalue weighted by molar-refractivity contribution is 5.67. The van der Waals surface area contributed by atoms with Gasteiger partial charge in [-0.1, -0.05) is 0 Å². The molecule has 2 amide bonds.